The van der Waals surface area contributed by atoms with Gasteiger partial charge in [-0.15, -0.1) is 0 Å². The molecule has 2 aromatic carbocycles. The molecule has 1 N–H and O–H groups in total. The van der Waals surface area contributed by atoms with Crippen LogP contribution < -0.4 is 9.46 Å². The molecule has 0 saturated carbocycles. The Morgan fingerprint density at radius 1 is 1.09 bits per heavy atom. The van der Waals surface area contributed by atoms with E-state index in [4.69, 9.17) is 4.74 Å². The summed E-state index contributed by atoms with van der Waals surface area (Å²) < 4.78 is 34.5. The average Bonchev–Trinajstić information content (AvgIpc) is 3.22. The molecule has 1 spiro atoms. The summed E-state index contributed by atoms with van der Waals surface area (Å²) in [7, 11) is -0.240. The lowest BCUT2D eigenvalue weighted by molar-refractivity contribution is -0.00172. The standard InChI is InChI=1S/C23H24N4O4S/c1-24-32(29,30)17-9-7-16(8-10-17)22(28)27-13-11-23(12-14-27)19-15-25-26(2)21(19)18-5-3-4-6-20(18)31-23/h3-10,15,24H,11-14H2,1-2H3. The topological polar surface area (TPSA) is 93.5 Å². The number of carbonyl (C=O) groups is 1. The number of sulfonamides is 1. The van der Waals surface area contributed by atoms with Crippen LogP contribution in [0.3, 0.4) is 0 Å². The number of carbonyl (C=O) groups excluding carboxylic acids is 1. The third kappa shape index (κ3) is 3.20. The second-order valence-corrected chi connectivity index (χ2v) is 10.0. The van der Waals surface area contributed by atoms with Gasteiger partial charge in [0.2, 0.25) is 10.0 Å². The Morgan fingerprint density at radius 3 is 2.47 bits per heavy atom. The minimum Gasteiger partial charge on any atom is -0.482 e. The highest BCUT2D eigenvalue weighted by molar-refractivity contribution is 7.89. The largest absolute Gasteiger partial charge is 0.482 e. The maximum Gasteiger partial charge on any atom is 0.253 e. The number of likely N-dealkylation sites (tertiary alicyclic amines) is 1. The highest BCUT2D eigenvalue weighted by Crippen LogP contribution is 2.49. The van der Waals surface area contributed by atoms with Gasteiger partial charge in [0.05, 0.1) is 16.8 Å². The van der Waals surface area contributed by atoms with Crippen molar-refractivity contribution < 1.29 is 17.9 Å². The fraction of sp³-hybridized carbons (Fsp3) is 0.304. The first-order chi connectivity index (χ1) is 15.3. The molecule has 0 aliphatic carbocycles. The zero-order valence-corrected chi connectivity index (χ0v) is 18.7. The quantitative estimate of drug-likeness (QED) is 0.659. The van der Waals surface area contributed by atoms with Gasteiger partial charge in [0.15, 0.2) is 0 Å². The van der Waals surface area contributed by atoms with Crippen LogP contribution in [0.5, 0.6) is 5.75 Å². The van der Waals surface area contributed by atoms with Crippen molar-refractivity contribution in [2.45, 2.75) is 23.3 Å². The molecule has 2 aliphatic rings. The summed E-state index contributed by atoms with van der Waals surface area (Å²) in [6, 6.07) is 14.0. The first-order valence-electron chi connectivity index (χ1n) is 10.5. The number of amides is 1. The molecule has 1 aromatic heterocycles. The number of hydrogen-bond acceptors (Lipinski definition) is 5. The molecule has 1 saturated heterocycles. The number of hydrogen-bond donors (Lipinski definition) is 1. The summed E-state index contributed by atoms with van der Waals surface area (Å²) in [4.78, 5) is 15.0. The van der Waals surface area contributed by atoms with E-state index in [0.29, 0.717) is 31.5 Å². The van der Waals surface area contributed by atoms with Crippen LogP contribution in [0.1, 0.15) is 28.8 Å². The van der Waals surface area contributed by atoms with Crippen LogP contribution in [-0.4, -0.2) is 49.1 Å². The molecule has 0 radical (unpaired) electrons. The zero-order chi connectivity index (χ0) is 22.5. The van der Waals surface area contributed by atoms with Crippen molar-refractivity contribution in [3.05, 3.63) is 65.9 Å². The second-order valence-electron chi connectivity index (χ2n) is 8.15. The summed E-state index contributed by atoms with van der Waals surface area (Å²) in [5.41, 5.74) is 3.11. The van der Waals surface area contributed by atoms with Crippen LogP contribution >= 0.6 is 0 Å². The first kappa shape index (κ1) is 20.7. The van der Waals surface area contributed by atoms with Crippen molar-refractivity contribution in [1.82, 2.24) is 19.4 Å². The minimum absolute atomic E-state index is 0.115. The van der Waals surface area contributed by atoms with Crippen molar-refractivity contribution >= 4 is 15.9 Å². The number of ether oxygens (including phenoxy) is 1. The van der Waals surface area contributed by atoms with Gasteiger partial charge in [0, 0.05) is 49.7 Å². The van der Waals surface area contributed by atoms with Gasteiger partial charge in [0.25, 0.3) is 5.91 Å². The fourth-order valence-corrected chi connectivity index (χ4v) is 5.36. The van der Waals surface area contributed by atoms with Crippen molar-refractivity contribution in [1.29, 1.82) is 0 Å². The van der Waals surface area contributed by atoms with Crippen LogP contribution in [0, 0.1) is 0 Å². The Morgan fingerprint density at radius 2 is 1.78 bits per heavy atom. The predicted octanol–water partition coefficient (Wildman–Crippen LogP) is 2.52. The van der Waals surface area contributed by atoms with E-state index < -0.39 is 15.6 Å². The van der Waals surface area contributed by atoms with Crippen LogP contribution in [-0.2, 0) is 22.7 Å². The summed E-state index contributed by atoms with van der Waals surface area (Å²) in [5.74, 6) is 0.723. The maximum atomic E-state index is 13.1. The van der Waals surface area contributed by atoms with Crippen molar-refractivity contribution in [2.24, 2.45) is 7.05 Å². The Balaban J connectivity index is 1.37. The highest BCUT2D eigenvalue weighted by Gasteiger charge is 2.45. The van der Waals surface area contributed by atoms with E-state index in [1.807, 2.05) is 42.2 Å². The van der Waals surface area contributed by atoms with Gasteiger partial charge < -0.3 is 9.64 Å². The van der Waals surface area contributed by atoms with Crippen molar-refractivity contribution in [3.8, 4) is 17.0 Å². The molecule has 5 rings (SSSR count). The third-order valence-corrected chi connectivity index (χ3v) is 7.85. The molecule has 0 atom stereocenters. The van der Waals surface area contributed by atoms with E-state index in [0.717, 1.165) is 22.6 Å². The van der Waals surface area contributed by atoms with Crippen LogP contribution in [0.15, 0.2) is 59.6 Å². The molecule has 166 valence electrons. The number of fused-ring (bicyclic) bond motifs is 4. The number of benzene rings is 2. The smallest absolute Gasteiger partial charge is 0.253 e. The summed E-state index contributed by atoms with van der Waals surface area (Å²) >= 11 is 0. The number of piperidine rings is 1. The van der Waals surface area contributed by atoms with Gasteiger partial charge in [-0.05, 0) is 43.4 Å². The molecule has 0 bridgehead atoms. The van der Waals surface area contributed by atoms with E-state index in [2.05, 4.69) is 9.82 Å². The summed E-state index contributed by atoms with van der Waals surface area (Å²) in [6.07, 6.45) is 3.18. The fourth-order valence-electron chi connectivity index (χ4n) is 4.63. The Hall–Kier alpha value is -3.17. The lowest BCUT2D eigenvalue weighted by atomic mass is 9.81. The molecule has 0 unspecified atom stereocenters. The molecule has 2 aliphatic heterocycles. The average molecular weight is 453 g/mol. The molecule has 1 fully saturated rings. The number of nitrogens with one attached hydrogen (secondary N) is 1. The molecular formula is C23H24N4O4S. The number of rotatable bonds is 3. The second kappa shape index (κ2) is 7.46. The molecule has 8 nitrogen and oxygen atoms in total. The molecule has 1 amide bonds. The highest BCUT2D eigenvalue weighted by atomic mass is 32.2. The molecule has 3 heterocycles. The maximum absolute atomic E-state index is 13.1. The van der Waals surface area contributed by atoms with E-state index >= 15 is 0 Å². The van der Waals surface area contributed by atoms with Crippen LogP contribution in [0.4, 0.5) is 0 Å². The molecule has 9 heteroatoms. The van der Waals surface area contributed by atoms with Gasteiger partial charge in [-0.2, -0.15) is 5.10 Å². The Labute approximate surface area is 186 Å². The van der Waals surface area contributed by atoms with Gasteiger partial charge in [-0.1, -0.05) is 12.1 Å². The van der Waals surface area contributed by atoms with E-state index in [1.54, 1.807) is 17.0 Å². The number of aromatic nitrogens is 2. The minimum atomic E-state index is -3.53. The molecular weight excluding hydrogens is 428 g/mol. The normalized spacial score (nSPS) is 16.9. The van der Waals surface area contributed by atoms with Gasteiger partial charge in [-0.3, -0.25) is 9.48 Å². The number of aryl methyl sites for hydroxylation is 1. The Bertz CT molecular complexity index is 1290. The first-order valence-corrected chi connectivity index (χ1v) is 12.0. The van der Waals surface area contributed by atoms with E-state index in [9.17, 15) is 13.2 Å². The van der Waals surface area contributed by atoms with Crippen LogP contribution in [0.25, 0.3) is 11.3 Å². The van der Waals surface area contributed by atoms with Crippen LogP contribution in [0.2, 0.25) is 0 Å². The lowest BCUT2D eigenvalue weighted by Crippen LogP contribution is -2.49. The summed E-state index contributed by atoms with van der Waals surface area (Å²) in [6.45, 7) is 1.07. The SMILES string of the molecule is CNS(=O)(=O)c1ccc(C(=O)N2CCC3(CC2)Oc2ccccc2-c2c3cnn2C)cc1. The molecule has 32 heavy (non-hydrogen) atoms. The Kier molecular flexibility index (Phi) is 4.83. The van der Waals surface area contributed by atoms with E-state index in [-0.39, 0.29) is 10.8 Å². The van der Waals surface area contributed by atoms with Crippen molar-refractivity contribution in [3.63, 3.8) is 0 Å². The van der Waals surface area contributed by atoms with Crippen molar-refractivity contribution in [2.75, 3.05) is 20.1 Å². The predicted molar refractivity (Wildman–Crippen MR) is 119 cm³/mol. The van der Waals surface area contributed by atoms with Gasteiger partial charge in [0.1, 0.15) is 11.4 Å². The van der Waals surface area contributed by atoms with E-state index in [1.165, 1.54) is 19.2 Å². The zero-order valence-electron chi connectivity index (χ0n) is 17.9. The number of nitrogens with zero attached hydrogens (tertiary/aromatic N) is 3. The monoisotopic (exact) mass is 452 g/mol. The van der Waals surface area contributed by atoms with Gasteiger partial charge >= 0.3 is 0 Å². The third-order valence-electron chi connectivity index (χ3n) is 6.42. The number of para-hydroxylation sites is 1. The summed E-state index contributed by atoms with van der Waals surface area (Å²) in [5, 5.41) is 4.49. The van der Waals surface area contributed by atoms with Gasteiger partial charge in [-0.25, -0.2) is 13.1 Å². The molecule has 3 aromatic rings. The lowest BCUT2D eigenvalue weighted by Gasteiger charge is -2.44.